The van der Waals surface area contributed by atoms with Gasteiger partial charge in [-0.25, -0.2) is 4.98 Å². The van der Waals surface area contributed by atoms with Crippen molar-refractivity contribution >= 4 is 34.1 Å². The number of nitrogens with zero attached hydrogens (tertiary/aromatic N) is 1. The van der Waals surface area contributed by atoms with Gasteiger partial charge in [-0.05, 0) is 42.7 Å². The standard InChI is InChI=1S/C29H25N3O3S/c1-19-31-26(27(36-19)21-11-6-3-7-12-21)29(34)32-22(17-20-9-4-2-5-10-20)18-30-28(33)24-13-8-14-25-23(24)15-16-35-25/h2-16,22H,17-18H2,1H3,(H,30,33)(H,32,34)/t22-/m0/s1. The number of thiazole rings is 1. The van der Waals surface area contributed by atoms with Crippen LogP contribution in [0.2, 0.25) is 0 Å². The maximum Gasteiger partial charge on any atom is 0.271 e. The third-order valence-electron chi connectivity index (χ3n) is 5.89. The predicted molar refractivity (Wildman–Crippen MR) is 142 cm³/mol. The minimum Gasteiger partial charge on any atom is -0.464 e. The molecule has 1 atom stereocenters. The van der Waals surface area contributed by atoms with E-state index in [1.165, 1.54) is 11.3 Å². The molecule has 0 saturated heterocycles. The van der Waals surface area contributed by atoms with E-state index in [1.807, 2.05) is 73.7 Å². The van der Waals surface area contributed by atoms with E-state index < -0.39 is 0 Å². The summed E-state index contributed by atoms with van der Waals surface area (Å²) in [6, 6.07) is 26.5. The summed E-state index contributed by atoms with van der Waals surface area (Å²) in [6.45, 7) is 2.16. The number of furan rings is 1. The zero-order chi connectivity index (χ0) is 24.9. The summed E-state index contributed by atoms with van der Waals surface area (Å²) in [6.07, 6.45) is 2.13. The Balaban J connectivity index is 1.36. The van der Waals surface area contributed by atoms with Crippen LogP contribution in [0.25, 0.3) is 21.4 Å². The number of rotatable bonds is 8. The van der Waals surface area contributed by atoms with E-state index in [4.69, 9.17) is 4.42 Å². The molecule has 2 amide bonds. The summed E-state index contributed by atoms with van der Waals surface area (Å²) < 4.78 is 5.42. The van der Waals surface area contributed by atoms with Crippen molar-refractivity contribution in [2.45, 2.75) is 19.4 Å². The fourth-order valence-corrected chi connectivity index (χ4v) is 5.12. The Bertz CT molecular complexity index is 1490. The normalized spacial score (nSPS) is 11.8. The summed E-state index contributed by atoms with van der Waals surface area (Å²) in [5.41, 5.74) is 3.61. The smallest absolute Gasteiger partial charge is 0.271 e. The molecule has 0 unspecified atom stereocenters. The highest BCUT2D eigenvalue weighted by molar-refractivity contribution is 7.15. The Morgan fingerprint density at radius 2 is 1.67 bits per heavy atom. The Hall–Kier alpha value is -4.23. The fourth-order valence-electron chi connectivity index (χ4n) is 4.20. The number of aromatic nitrogens is 1. The molecule has 2 aromatic heterocycles. The Morgan fingerprint density at radius 1 is 0.917 bits per heavy atom. The quantitative estimate of drug-likeness (QED) is 0.292. The molecule has 0 aliphatic rings. The first-order valence-electron chi connectivity index (χ1n) is 11.7. The maximum absolute atomic E-state index is 13.4. The summed E-state index contributed by atoms with van der Waals surface area (Å²) >= 11 is 1.49. The lowest BCUT2D eigenvalue weighted by Crippen LogP contribution is -2.45. The third-order valence-corrected chi connectivity index (χ3v) is 6.91. The molecular weight excluding hydrogens is 470 g/mol. The van der Waals surface area contributed by atoms with Crippen LogP contribution in [0.3, 0.4) is 0 Å². The number of benzene rings is 3. The zero-order valence-corrected chi connectivity index (χ0v) is 20.5. The molecular formula is C29H25N3O3S. The van der Waals surface area contributed by atoms with Gasteiger partial charge >= 0.3 is 0 Å². The molecule has 0 saturated carbocycles. The number of nitrogens with one attached hydrogen (secondary N) is 2. The van der Waals surface area contributed by atoms with E-state index in [-0.39, 0.29) is 24.4 Å². The third kappa shape index (κ3) is 5.21. The minimum atomic E-state index is -0.335. The van der Waals surface area contributed by atoms with Gasteiger partial charge in [0.2, 0.25) is 0 Å². The van der Waals surface area contributed by atoms with Crippen LogP contribution in [0.5, 0.6) is 0 Å². The average molecular weight is 496 g/mol. The van der Waals surface area contributed by atoms with Crippen molar-refractivity contribution in [3.05, 3.63) is 113 Å². The van der Waals surface area contributed by atoms with Crippen LogP contribution in [-0.4, -0.2) is 29.4 Å². The lowest BCUT2D eigenvalue weighted by Gasteiger charge is -2.20. The van der Waals surface area contributed by atoms with Gasteiger partial charge in [-0.1, -0.05) is 66.7 Å². The van der Waals surface area contributed by atoms with E-state index in [0.717, 1.165) is 26.4 Å². The van der Waals surface area contributed by atoms with Crippen LogP contribution in [0, 0.1) is 6.92 Å². The van der Waals surface area contributed by atoms with Crippen molar-refractivity contribution in [2.75, 3.05) is 6.54 Å². The van der Waals surface area contributed by atoms with E-state index in [9.17, 15) is 9.59 Å². The van der Waals surface area contributed by atoms with Gasteiger partial charge < -0.3 is 15.1 Å². The van der Waals surface area contributed by atoms with Crippen LogP contribution < -0.4 is 10.6 Å². The molecule has 0 radical (unpaired) electrons. The molecule has 2 N–H and O–H groups in total. The van der Waals surface area contributed by atoms with Gasteiger partial charge in [0.15, 0.2) is 0 Å². The summed E-state index contributed by atoms with van der Waals surface area (Å²) in [5.74, 6) is -0.478. The van der Waals surface area contributed by atoms with Gasteiger partial charge in [-0.15, -0.1) is 11.3 Å². The van der Waals surface area contributed by atoms with E-state index in [2.05, 4.69) is 15.6 Å². The minimum absolute atomic E-state index is 0.219. The highest BCUT2D eigenvalue weighted by Crippen LogP contribution is 2.30. The average Bonchev–Trinajstić information content (AvgIpc) is 3.55. The molecule has 0 aliphatic heterocycles. The molecule has 0 fully saturated rings. The number of hydrogen-bond acceptors (Lipinski definition) is 5. The van der Waals surface area contributed by atoms with Crippen molar-refractivity contribution in [3.63, 3.8) is 0 Å². The van der Waals surface area contributed by atoms with Gasteiger partial charge in [-0.2, -0.15) is 0 Å². The second-order valence-corrected chi connectivity index (χ2v) is 9.69. The van der Waals surface area contributed by atoms with Crippen LogP contribution in [-0.2, 0) is 6.42 Å². The largest absolute Gasteiger partial charge is 0.464 e. The highest BCUT2D eigenvalue weighted by atomic mass is 32.1. The summed E-state index contributed by atoms with van der Waals surface area (Å²) in [7, 11) is 0. The van der Waals surface area contributed by atoms with E-state index >= 15 is 0 Å². The first kappa shape index (κ1) is 23.5. The summed E-state index contributed by atoms with van der Waals surface area (Å²) in [4.78, 5) is 31.8. The number of aryl methyl sites for hydroxylation is 1. The van der Waals surface area contributed by atoms with Crippen molar-refractivity contribution in [1.82, 2.24) is 15.6 Å². The Labute approximate surface area is 213 Å². The second-order valence-electron chi connectivity index (χ2n) is 8.48. The van der Waals surface area contributed by atoms with Crippen LogP contribution >= 0.6 is 11.3 Å². The lowest BCUT2D eigenvalue weighted by atomic mass is 10.0. The molecule has 180 valence electrons. The molecule has 0 aliphatic carbocycles. The molecule has 2 heterocycles. The number of fused-ring (bicyclic) bond motifs is 1. The molecule has 6 nitrogen and oxygen atoms in total. The summed E-state index contributed by atoms with van der Waals surface area (Å²) in [5, 5.41) is 7.69. The molecule has 36 heavy (non-hydrogen) atoms. The van der Waals surface area contributed by atoms with E-state index in [1.54, 1.807) is 24.5 Å². The van der Waals surface area contributed by atoms with Crippen LogP contribution in [0.4, 0.5) is 0 Å². The Kier molecular flexibility index (Phi) is 6.91. The molecule has 0 bridgehead atoms. The lowest BCUT2D eigenvalue weighted by molar-refractivity contribution is 0.0907. The highest BCUT2D eigenvalue weighted by Gasteiger charge is 2.22. The fraction of sp³-hybridized carbons (Fsp3) is 0.138. The SMILES string of the molecule is Cc1nc(C(=O)N[C@H](CNC(=O)c2cccc3occc23)Cc2ccccc2)c(-c2ccccc2)s1. The van der Waals surface area contributed by atoms with Crippen LogP contribution in [0.15, 0.2) is 95.6 Å². The first-order chi connectivity index (χ1) is 17.6. The van der Waals surface area contributed by atoms with Crippen molar-refractivity contribution in [3.8, 4) is 10.4 Å². The molecule has 0 spiro atoms. The van der Waals surface area contributed by atoms with Gasteiger partial charge in [0.25, 0.3) is 11.8 Å². The number of carbonyl (C=O) groups excluding carboxylic acids is 2. The van der Waals surface area contributed by atoms with Gasteiger partial charge in [0.1, 0.15) is 11.3 Å². The monoisotopic (exact) mass is 495 g/mol. The topological polar surface area (TPSA) is 84.2 Å². The van der Waals surface area contributed by atoms with Gasteiger partial charge in [0, 0.05) is 11.9 Å². The van der Waals surface area contributed by atoms with E-state index in [0.29, 0.717) is 23.3 Å². The molecule has 3 aromatic carbocycles. The van der Waals surface area contributed by atoms with Crippen LogP contribution in [0.1, 0.15) is 31.4 Å². The zero-order valence-electron chi connectivity index (χ0n) is 19.7. The first-order valence-corrected chi connectivity index (χ1v) is 12.5. The van der Waals surface area contributed by atoms with Gasteiger partial charge in [0.05, 0.1) is 27.8 Å². The predicted octanol–water partition coefficient (Wildman–Crippen LogP) is 5.64. The molecule has 5 aromatic rings. The van der Waals surface area contributed by atoms with Crippen molar-refractivity contribution in [1.29, 1.82) is 0 Å². The molecule has 7 heteroatoms. The second kappa shape index (κ2) is 10.6. The number of amides is 2. The molecule has 5 rings (SSSR count). The Morgan fingerprint density at radius 3 is 2.44 bits per heavy atom. The van der Waals surface area contributed by atoms with Crippen molar-refractivity contribution < 1.29 is 14.0 Å². The number of carbonyl (C=O) groups is 2. The maximum atomic E-state index is 13.4. The van der Waals surface area contributed by atoms with Gasteiger partial charge in [-0.3, -0.25) is 9.59 Å². The number of hydrogen-bond donors (Lipinski definition) is 2. The van der Waals surface area contributed by atoms with Crippen molar-refractivity contribution in [2.24, 2.45) is 0 Å².